The molecule has 4 heteroatoms. The number of nitrogens with zero attached hydrogens (tertiary/aromatic N) is 2. The molecule has 1 aliphatic rings. The van der Waals surface area contributed by atoms with Gasteiger partial charge in [-0.25, -0.2) is 0 Å². The van der Waals surface area contributed by atoms with E-state index in [-0.39, 0.29) is 6.61 Å². The average Bonchev–Trinajstić information content (AvgIpc) is 2.74. The van der Waals surface area contributed by atoms with Gasteiger partial charge in [-0.05, 0) is 60.7 Å². The summed E-state index contributed by atoms with van der Waals surface area (Å²) in [7, 11) is 2.06. The standard InChI is InChI=1S/C24H26ClN2O/c1-26-22(13-8-20-7-9-21(25)15-24(20)26)10-4-18-5-11-23(12-6-18)27-14-2-3-19(16-27)17-28/h4-13,15,19,28H,2-3,14,16-17H2,1H3/q+1. The van der Waals surface area contributed by atoms with E-state index in [4.69, 9.17) is 11.6 Å². The minimum absolute atomic E-state index is 0.283. The third-order valence-corrected chi connectivity index (χ3v) is 5.89. The van der Waals surface area contributed by atoms with Crippen LogP contribution in [0.25, 0.3) is 23.1 Å². The van der Waals surface area contributed by atoms with Crippen molar-refractivity contribution in [2.24, 2.45) is 13.0 Å². The van der Waals surface area contributed by atoms with E-state index in [0.29, 0.717) is 5.92 Å². The lowest BCUT2D eigenvalue weighted by Crippen LogP contribution is -2.36. The first-order valence-electron chi connectivity index (χ1n) is 9.86. The fraction of sp³-hybridized carbons (Fsp3) is 0.292. The van der Waals surface area contributed by atoms with Gasteiger partial charge >= 0.3 is 0 Å². The number of hydrogen-bond acceptors (Lipinski definition) is 2. The molecule has 0 spiro atoms. The van der Waals surface area contributed by atoms with Crippen LogP contribution in [-0.4, -0.2) is 24.8 Å². The van der Waals surface area contributed by atoms with Gasteiger partial charge in [-0.1, -0.05) is 23.7 Å². The van der Waals surface area contributed by atoms with Crippen LogP contribution in [0.15, 0.2) is 54.6 Å². The van der Waals surface area contributed by atoms with Crippen molar-refractivity contribution in [2.75, 3.05) is 24.6 Å². The molecule has 1 atom stereocenters. The number of aromatic nitrogens is 1. The maximum absolute atomic E-state index is 9.44. The summed E-state index contributed by atoms with van der Waals surface area (Å²) in [5.74, 6) is 0.398. The van der Waals surface area contributed by atoms with Gasteiger partial charge in [0.15, 0.2) is 0 Å². The Hall–Kier alpha value is -2.36. The predicted octanol–water partition coefficient (Wildman–Crippen LogP) is 4.70. The van der Waals surface area contributed by atoms with E-state index < -0.39 is 0 Å². The Morgan fingerprint density at radius 3 is 2.68 bits per heavy atom. The van der Waals surface area contributed by atoms with Gasteiger partial charge < -0.3 is 10.0 Å². The molecule has 144 valence electrons. The molecule has 0 radical (unpaired) electrons. The summed E-state index contributed by atoms with van der Waals surface area (Å²) < 4.78 is 2.16. The highest BCUT2D eigenvalue weighted by Crippen LogP contribution is 2.24. The van der Waals surface area contributed by atoms with E-state index in [1.807, 2.05) is 18.2 Å². The van der Waals surface area contributed by atoms with E-state index in [1.54, 1.807) is 0 Å². The average molecular weight is 394 g/mol. The Bertz CT molecular complexity index is 997. The number of pyridine rings is 1. The van der Waals surface area contributed by atoms with Crippen molar-refractivity contribution in [2.45, 2.75) is 12.8 Å². The molecule has 1 aliphatic heterocycles. The summed E-state index contributed by atoms with van der Waals surface area (Å²) in [6.45, 7) is 2.30. The van der Waals surface area contributed by atoms with Crippen LogP contribution >= 0.6 is 11.6 Å². The number of aliphatic hydroxyl groups excluding tert-OH is 1. The number of piperidine rings is 1. The minimum Gasteiger partial charge on any atom is -0.396 e. The lowest BCUT2D eigenvalue weighted by Gasteiger charge is -2.33. The van der Waals surface area contributed by atoms with Crippen LogP contribution in [0.3, 0.4) is 0 Å². The molecule has 0 aliphatic carbocycles. The molecule has 28 heavy (non-hydrogen) atoms. The van der Waals surface area contributed by atoms with Gasteiger partial charge in [0.2, 0.25) is 11.2 Å². The highest BCUT2D eigenvalue weighted by Gasteiger charge is 2.19. The van der Waals surface area contributed by atoms with Crippen molar-refractivity contribution >= 4 is 40.3 Å². The second kappa shape index (κ2) is 8.34. The van der Waals surface area contributed by atoms with Gasteiger partial charge in [0.25, 0.3) is 0 Å². The molecule has 1 fully saturated rings. The van der Waals surface area contributed by atoms with Gasteiger partial charge in [-0.15, -0.1) is 0 Å². The Morgan fingerprint density at radius 1 is 1.11 bits per heavy atom. The van der Waals surface area contributed by atoms with Crippen molar-refractivity contribution < 1.29 is 9.67 Å². The first kappa shape index (κ1) is 19.0. The second-order valence-electron chi connectivity index (χ2n) is 7.58. The SMILES string of the molecule is C[n+]1c(C=Cc2ccc(N3CCCC(CO)C3)cc2)ccc2ccc(Cl)cc21. The van der Waals surface area contributed by atoms with Crippen molar-refractivity contribution in [3.05, 3.63) is 70.9 Å². The first-order valence-corrected chi connectivity index (χ1v) is 10.2. The molecule has 1 N–H and O–H groups in total. The minimum atomic E-state index is 0.283. The van der Waals surface area contributed by atoms with E-state index in [0.717, 1.165) is 42.2 Å². The number of aryl methyl sites for hydroxylation is 1. The number of anilines is 1. The summed E-state index contributed by atoms with van der Waals surface area (Å²) in [5.41, 5.74) is 4.65. The molecule has 3 nitrogen and oxygen atoms in total. The number of halogens is 1. The molecule has 1 saturated heterocycles. The van der Waals surface area contributed by atoms with Crippen LogP contribution in [0.1, 0.15) is 24.1 Å². The van der Waals surface area contributed by atoms with Gasteiger partial charge in [-0.2, -0.15) is 4.57 Å². The molecular weight excluding hydrogens is 368 g/mol. The molecule has 2 heterocycles. The lowest BCUT2D eigenvalue weighted by atomic mass is 9.98. The molecule has 1 aromatic heterocycles. The van der Waals surface area contributed by atoms with Gasteiger partial charge in [0.1, 0.15) is 7.05 Å². The fourth-order valence-corrected chi connectivity index (χ4v) is 4.13. The van der Waals surface area contributed by atoms with Crippen molar-refractivity contribution in [1.82, 2.24) is 0 Å². The zero-order valence-electron chi connectivity index (χ0n) is 16.2. The number of hydrogen-bond donors (Lipinski definition) is 1. The quantitative estimate of drug-likeness (QED) is 0.651. The van der Waals surface area contributed by atoms with Crippen molar-refractivity contribution in [1.29, 1.82) is 0 Å². The molecular formula is C24H26ClN2O+. The monoisotopic (exact) mass is 393 g/mol. The molecule has 4 rings (SSSR count). The van der Waals surface area contributed by atoms with E-state index in [1.165, 1.54) is 16.6 Å². The Morgan fingerprint density at radius 2 is 1.89 bits per heavy atom. The highest BCUT2D eigenvalue weighted by molar-refractivity contribution is 6.31. The third-order valence-electron chi connectivity index (χ3n) is 5.66. The highest BCUT2D eigenvalue weighted by atomic mass is 35.5. The third kappa shape index (κ3) is 4.06. The van der Waals surface area contributed by atoms with Crippen LogP contribution in [0.2, 0.25) is 5.02 Å². The molecule has 0 saturated carbocycles. The Balaban J connectivity index is 1.52. The van der Waals surface area contributed by atoms with Crippen LogP contribution in [-0.2, 0) is 7.05 Å². The van der Waals surface area contributed by atoms with Crippen molar-refractivity contribution in [3.8, 4) is 0 Å². The molecule has 1 unspecified atom stereocenters. The zero-order chi connectivity index (χ0) is 19.5. The number of aliphatic hydroxyl groups is 1. The summed E-state index contributed by atoms with van der Waals surface area (Å²) >= 11 is 6.16. The summed E-state index contributed by atoms with van der Waals surface area (Å²) in [4.78, 5) is 2.38. The van der Waals surface area contributed by atoms with Crippen LogP contribution in [0.4, 0.5) is 5.69 Å². The molecule has 2 aromatic carbocycles. The zero-order valence-corrected chi connectivity index (χ0v) is 16.9. The van der Waals surface area contributed by atoms with Crippen LogP contribution < -0.4 is 9.47 Å². The smallest absolute Gasteiger partial charge is 0.214 e. The maximum atomic E-state index is 9.44. The molecule has 3 aromatic rings. The fourth-order valence-electron chi connectivity index (χ4n) is 3.97. The van der Waals surface area contributed by atoms with E-state index >= 15 is 0 Å². The number of rotatable bonds is 4. The van der Waals surface area contributed by atoms with E-state index in [2.05, 4.69) is 65.1 Å². The van der Waals surface area contributed by atoms with Gasteiger partial charge in [0, 0.05) is 54.0 Å². The maximum Gasteiger partial charge on any atom is 0.214 e. The Labute approximate surface area is 171 Å². The van der Waals surface area contributed by atoms with E-state index in [9.17, 15) is 5.11 Å². The van der Waals surface area contributed by atoms with Crippen LogP contribution in [0.5, 0.6) is 0 Å². The lowest BCUT2D eigenvalue weighted by molar-refractivity contribution is -0.646. The summed E-state index contributed by atoms with van der Waals surface area (Å²) in [6, 6.07) is 18.9. The molecule has 0 amide bonds. The summed E-state index contributed by atoms with van der Waals surface area (Å²) in [6.07, 6.45) is 6.55. The topological polar surface area (TPSA) is 27.4 Å². The number of benzene rings is 2. The summed E-state index contributed by atoms with van der Waals surface area (Å²) in [5, 5.41) is 11.4. The number of fused-ring (bicyclic) bond motifs is 1. The van der Waals surface area contributed by atoms with Gasteiger partial charge in [-0.3, -0.25) is 0 Å². The van der Waals surface area contributed by atoms with Crippen molar-refractivity contribution in [3.63, 3.8) is 0 Å². The predicted molar refractivity (Wildman–Crippen MR) is 118 cm³/mol. The Kier molecular flexibility index (Phi) is 5.65. The molecule has 0 bridgehead atoms. The first-order chi connectivity index (χ1) is 13.6. The van der Waals surface area contributed by atoms with Crippen LogP contribution in [0, 0.1) is 5.92 Å². The second-order valence-corrected chi connectivity index (χ2v) is 8.02. The van der Waals surface area contributed by atoms with Gasteiger partial charge in [0.05, 0.1) is 0 Å². The largest absolute Gasteiger partial charge is 0.396 e. The normalized spacial score (nSPS) is 17.5.